The summed E-state index contributed by atoms with van der Waals surface area (Å²) in [6.45, 7) is 0. The number of carboxylic acids is 1. The third-order valence-electron chi connectivity index (χ3n) is 2.40. The maximum absolute atomic E-state index is 10.5. The molecule has 1 saturated heterocycles. The molecule has 2 atom stereocenters. The zero-order valence-corrected chi connectivity index (χ0v) is 8.68. The summed E-state index contributed by atoms with van der Waals surface area (Å²) in [7, 11) is 1.60. The molecule has 0 amide bonds. The molecule has 3 nitrogen and oxygen atoms in total. The lowest BCUT2D eigenvalue weighted by atomic mass is 9.96. The van der Waals surface area contributed by atoms with E-state index < -0.39 is 5.97 Å². The predicted molar refractivity (Wildman–Crippen MR) is 53.1 cm³/mol. The van der Waals surface area contributed by atoms with Crippen LogP contribution in [0.5, 0.6) is 0 Å². The second kappa shape index (κ2) is 5.50. The molecule has 1 aliphatic rings. The van der Waals surface area contributed by atoms with Crippen LogP contribution in [0.2, 0.25) is 0 Å². The Balaban J connectivity index is 2.39. The zero-order valence-electron chi connectivity index (χ0n) is 7.86. The minimum atomic E-state index is -0.762. The Morgan fingerprint density at radius 3 is 3.00 bits per heavy atom. The standard InChI is InChI=1S/C9H16O3S/c1-12-8(5-9(10)11)7-3-2-4-13-6-7/h7-8H,2-6H2,1H3,(H,10,11). The van der Waals surface area contributed by atoms with Gasteiger partial charge in [-0.1, -0.05) is 0 Å². The largest absolute Gasteiger partial charge is 0.481 e. The number of aliphatic carboxylic acids is 1. The molecule has 1 fully saturated rings. The minimum Gasteiger partial charge on any atom is -0.481 e. The summed E-state index contributed by atoms with van der Waals surface area (Å²) in [5.74, 6) is 1.92. The Morgan fingerprint density at radius 2 is 2.54 bits per heavy atom. The highest BCUT2D eigenvalue weighted by atomic mass is 32.2. The molecule has 0 spiro atoms. The first-order chi connectivity index (χ1) is 6.24. The number of ether oxygens (including phenoxy) is 1. The van der Waals surface area contributed by atoms with Gasteiger partial charge in [-0.3, -0.25) is 4.79 Å². The average molecular weight is 204 g/mol. The molecule has 0 radical (unpaired) electrons. The number of rotatable bonds is 4. The van der Waals surface area contributed by atoms with E-state index in [1.807, 2.05) is 11.8 Å². The van der Waals surface area contributed by atoms with E-state index in [0.717, 1.165) is 12.2 Å². The van der Waals surface area contributed by atoms with Gasteiger partial charge in [0.2, 0.25) is 0 Å². The van der Waals surface area contributed by atoms with Crippen molar-refractivity contribution in [1.82, 2.24) is 0 Å². The third-order valence-corrected chi connectivity index (χ3v) is 3.64. The van der Waals surface area contributed by atoms with Crippen molar-refractivity contribution in [2.75, 3.05) is 18.6 Å². The Hall–Kier alpha value is -0.220. The Labute approximate surface area is 82.8 Å². The van der Waals surface area contributed by atoms with E-state index in [4.69, 9.17) is 9.84 Å². The summed E-state index contributed by atoms with van der Waals surface area (Å²) in [5.41, 5.74) is 0. The third kappa shape index (κ3) is 3.56. The fourth-order valence-corrected chi connectivity index (χ4v) is 2.89. The van der Waals surface area contributed by atoms with Crippen LogP contribution in [0.1, 0.15) is 19.3 Å². The fourth-order valence-electron chi connectivity index (χ4n) is 1.67. The van der Waals surface area contributed by atoms with Gasteiger partial charge in [-0.15, -0.1) is 0 Å². The van der Waals surface area contributed by atoms with Crippen LogP contribution in [0, 0.1) is 5.92 Å². The zero-order chi connectivity index (χ0) is 9.68. The van der Waals surface area contributed by atoms with Gasteiger partial charge in [0, 0.05) is 7.11 Å². The van der Waals surface area contributed by atoms with Gasteiger partial charge in [0.15, 0.2) is 0 Å². The van der Waals surface area contributed by atoms with Crippen LogP contribution < -0.4 is 0 Å². The molecule has 2 unspecified atom stereocenters. The summed E-state index contributed by atoms with van der Waals surface area (Å²) in [6, 6.07) is 0. The number of hydrogen-bond acceptors (Lipinski definition) is 3. The number of carbonyl (C=O) groups is 1. The van der Waals surface area contributed by atoms with Gasteiger partial charge in [0.1, 0.15) is 0 Å². The molecule has 4 heteroatoms. The molecule has 0 aromatic heterocycles. The van der Waals surface area contributed by atoms with Gasteiger partial charge < -0.3 is 9.84 Å². The smallest absolute Gasteiger partial charge is 0.305 e. The van der Waals surface area contributed by atoms with Crippen molar-refractivity contribution < 1.29 is 14.6 Å². The lowest BCUT2D eigenvalue weighted by molar-refractivity contribution is -0.140. The molecular weight excluding hydrogens is 188 g/mol. The number of methoxy groups -OCH3 is 1. The van der Waals surface area contributed by atoms with Gasteiger partial charge in [-0.25, -0.2) is 0 Å². The maximum atomic E-state index is 10.5. The van der Waals surface area contributed by atoms with Gasteiger partial charge in [-0.2, -0.15) is 11.8 Å². The summed E-state index contributed by atoms with van der Waals surface area (Å²) >= 11 is 1.90. The first-order valence-electron chi connectivity index (χ1n) is 4.56. The molecule has 0 aromatic rings. The van der Waals surface area contributed by atoms with Crippen LogP contribution in [-0.4, -0.2) is 35.8 Å². The average Bonchev–Trinajstić information content (AvgIpc) is 2.15. The van der Waals surface area contributed by atoms with Gasteiger partial charge in [0.05, 0.1) is 12.5 Å². The Morgan fingerprint density at radius 1 is 1.77 bits per heavy atom. The molecule has 76 valence electrons. The van der Waals surface area contributed by atoms with Crippen LogP contribution in [0.4, 0.5) is 0 Å². The molecule has 0 bridgehead atoms. The van der Waals surface area contributed by atoms with Crippen molar-refractivity contribution in [1.29, 1.82) is 0 Å². The topological polar surface area (TPSA) is 46.5 Å². The summed E-state index contributed by atoms with van der Waals surface area (Å²) < 4.78 is 5.21. The van der Waals surface area contributed by atoms with Crippen molar-refractivity contribution in [3.63, 3.8) is 0 Å². The number of thioether (sulfide) groups is 1. The first kappa shape index (κ1) is 10.9. The second-order valence-electron chi connectivity index (χ2n) is 3.35. The minimum absolute atomic E-state index is 0.0923. The van der Waals surface area contributed by atoms with E-state index in [0.29, 0.717) is 5.92 Å². The van der Waals surface area contributed by atoms with Gasteiger partial charge in [0.25, 0.3) is 0 Å². The van der Waals surface area contributed by atoms with Crippen molar-refractivity contribution in [3.8, 4) is 0 Å². The molecule has 1 aliphatic heterocycles. The molecule has 1 heterocycles. The lowest BCUT2D eigenvalue weighted by Crippen LogP contribution is -2.29. The summed E-state index contributed by atoms with van der Waals surface area (Å²) in [6.07, 6.45) is 2.35. The molecule has 0 aliphatic carbocycles. The second-order valence-corrected chi connectivity index (χ2v) is 4.50. The quantitative estimate of drug-likeness (QED) is 0.756. The van der Waals surface area contributed by atoms with E-state index >= 15 is 0 Å². The van der Waals surface area contributed by atoms with Crippen LogP contribution >= 0.6 is 11.8 Å². The fraction of sp³-hybridized carbons (Fsp3) is 0.889. The van der Waals surface area contributed by atoms with Crippen molar-refractivity contribution >= 4 is 17.7 Å². The highest BCUT2D eigenvalue weighted by Crippen LogP contribution is 2.27. The SMILES string of the molecule is COC(CC(=O)O)C1CCCSC1. The van der Waals surface area contributed by atoms with E-state index in [1.165, 1.54) is 12.2 Å². The molecular formula is C9H16O3S. The van der Waals surface area contributed by atoms with Gasteiger partial charge in [-0.05, 0) is 30.3 Å². The van der Waals surface area contributed by atoms with Crippen LogP contribution in [0.25, 0.3) is 0 Å². The Kier molecular flexibility index (Phi) is 4.59. The molecule has 13 heavy (non-hydrogen) atoms. The maximum Gasteiger partial charge on any atom is 0.305 e. The highest BCUT2D eigenvalue weighted by Gasteiger charge is 2.25. The first-order valence-corrected chi connectivity index (χ1v) is 5.72. The van der Waals surface area contributed by atoms with Crippen LogP contribution in [0.15, 0.2) is 0 Å². The van der Waals surface area contributed by atoms with Crippen LogP contribution in [-0.2, 0) is 9.53 Å². The molecule has 1 rings (SSSR count). The van der Waals surface area contributed by atoms with Crippen LogP contribution in [0.3, 0.4) is 0 Å². The van der Waals surface area contributed by atoms with Crippen molar-refractivity contribution in [2.45, 2.75) is 25.4 Å². The Bertz CT molecular complexity index is 166. The number of carboxylic acid groups (broad SMARTS) is 1. The van der Waals surface area contributed by atoms with E-state index in [9.17, 15) is 4.79 Å². The normalized spacial score (nSPS) is 25.5. The lowest BCUT2D eigenvalue weighted by Gasteiger charge is -2.27. The van der Waals surface area contributed by atoms with E-state index in [2.05, 4.69) is 0 Å². The molecule has 0 aromatic carbocycles. The van der Waals surface area contributed by atoms with Gasteiger partial charge >= 0.3 is 5.97 Å². The highest BCUT2D eigenvalue weighted by molar-refractivity contribution is 7.99. The monoisotopic (exact) mass is 204 g/mol. The van der Waals surface area contributed by atoms with Crippen molar-refractivity contribution in [2.24, 2.45) is 5.92 Å². The predicted octanol–water partition coefficient (Wildman–Crippen LogP) is 1.62. The van der Waals surface area contributed by atoms with E-state index in [-0.39, 0.29) is 12.5 Å². The molecule has 1 N–H and O–H groups in total. The summed E-state index contributed by atoms with van der Waals surface area (Å²) in [4.78, 5) is 10.5. The number of hydrogen-bond donors (Lipinski definition) is 1. The summed E-state index contributed by atoms with van der Waals surface area (Å²) in [5, 5.41) is 8.66. The van der Waals surface area contributed by atoms with Crippen molar-refractivity contribution in [3.05, 3.63) is 0 Å². The molecule has 0 saturated carbocycles. The van der Waals surface area contributed by atoms with E-state index in [1.54, 1.807) is 7.11 Å².